The Morgan fingerprint density at radius 2 is 1.94 bits per heavy atom. The second kappa shape index (κ2) is 8.68. The molecule has 2 amide bonds. The van der Waals surface area contributed by atoms with E-state index in [0.29, 0.717) is 44.1 Å². The van der Waals surface area contributed by atoms with Gasteiger partial charge >= 0.3 is 12.2 Å². The van der Waals surface area contributed by atoms with Gasteiger partial charge in [0.2, 0.25) is 0 Å². The molecule has 5 fully saturated rings. The molecular weight excluding hydrogens is 440 g/mol. The van der Waals surface area contributed by atoms with Gasteiger partial charge in [0.15, 0.2) is 0 Å². The fourth-order valence-corrected chi connectivity index (χ4v) is 6.56. The fraction of sp³-hybridized carbons (Fsp3) is 0.840. The molecule has 34 heavy (non-hydrogen) atoms. The first kappa shape index (κ1) is 23.9. The lowest BCUT2D eigenvalue weighted by molar-refractivity contribution is -0.121. The molecule has 9 nitrogen and oxygen atoms in total. The number of fused-ring (bicyclic) bond motifs is 1. The third-order valence-corrected chi connectivity index (χ3v) is 8.73. The zero-order valence-corrected chi connectivity index (χ0v) is 20.9. The van der Waals surface area contributed by atoms with Crippen LogP contribution in [0.2, 0.25) is 0 Å². The van der Waals surface area contributed by atoms with Gasteiger partial charge in [-0.3, -0.25) is 0 Å². The van der Waals surface area contributed by atoms with E-state index < -0.39 is 6.09 Å². The summed E-state index contributed by atoms with van der Waals surface area (Å²) in [6.45, 7) is 8.76. The molecular formula is C25H38N2O7. The summed E-state index contributed by atoms with van der Waals surface area (Å²) >= 11 is 0. The summed E-state index contributed by atoms with van der Waals surface area (Å²) in [6, 6.07) is 0. The number of hydrogen-bond acceptors (Lipinski definition) is 7. The van der Waals surface area contributed by atoms with Crippen molar-refractivity contribution >= 4 is 12.2 Å². The Balaban J connectivity index is 1.18. The number of allylic oxidation sites excluding steroid dienone is 1. The standard InChI is InChI=1S/C25H38N2O7/c1-14(2)6-7-19-24(3,34-19)21-20(30-5)18(8-9-25(21)13-32-25)33-23(29)27-10-15-16(11-27)17(15)12-31-22(28)26-4/h6,15-21H,7-13H2,1-5H3,(H,26,28)/t15-,16+,17?,18-,19-,20-,21-,24+,25+/m1/s1. The van der Waals surface area contributed by atoms with Crippen molar-refractivity contribution in [1.29, 1.82) is 0 Å². The topological polar surface area (TPSA) is 102 Å². The minimum Gasteiger partial charge on any atom is -0.449 e. The predicted molar refractivity (Wildman–Crippen MR) is 122 cm³/mol. The second-order valence-corrected chi connectivity index (χ2v) is 11.0. The van der Waals surface area contributed by atoms with E-state index >= 15 is 0 Å². The number of piperidine rings is 1. The van der Waals surface area contributed by atoms with Crippen molar-refractivity contribution in [2.24, 2.45) is 23.7 Å². The van der Waals surface area contributed by atoms with Crippen LogP contribution in [0.4, 0.5) is 9.59 Å². The van der Waals surface area contributed by atoms with Crippen molar-refractivity contribution in [2.45, 2.75) is 69.5 Å². The summed E-state index contributed by atoms with van der Waals surface area (Å²) in [7, 11) is 3.24. The van der Waals surface area contributed by atoms with Crippen molar-refractivity contribution in [3.05, 3.63) is 11.6 Å². The van der Waals surface area contributed by atoms with Crippen LogP contribution in [-0.4, -0.2) is 87.1 Å². The Bertz CT molecular complexity index is 842. The number of alkyl carbamates (subject to hydrolysis) is 1. The number of methoxy groups -OCH3 is 1. The van der Waals surface area contributed by atoms with Gasteiger partial charge in [-0.15, -0.1) is 0 Å². The van der Waals surface area contributed by atoms with Crippen LogP contribution in [0.15, 0.2) is 11.6 Å². The number of carbonyl (C=O) groups excluding carboxylic acids is 2. The third kappa shape index (κ3) is 4.20. The van der Waals surface area contributed by atoms with Gasteiger partial charge in [-0.2, -0.15) is 0 Å². The molecule has 9 atom stereocenters. The highest BCUT2D eigenvalue weighted by Crippen LogP contribution is 2.60. The molecule has 9 heteroatoms. The largest absolute Gasteiger partial charge is 0.449 e. The smallest absolute Gasteiger partial charge is 0.410 e. The number of epoxide rings is 2. The van der Waals surface area contributed by atoms with E-state index in [9.17, 15) is 9.59 Å². The predicted octanol–water partition coefficient (Wildman–Crippen LogP) is 2.73. The van der Waals surface area contributed by atoms with Crippen LogP contribution in [0, 0.1) is 23.7 Å². The monoisotopic (exact) mass is 478 g/mol. The highest BCUT2D eigenvalue weighted by molar-refractivity contribution is 5.69. The molecule has 0 radical (unpaired) electrons. The molecule has 190 valence electrons. The van der Waals surface area contributed by atoms with Crippen molar-refractivity contribution < 1.29 is 33.3 Å². The number of nitrogens with zero attached hydrogens (tertiary/aromatic N) is 1. The molecule has 1 spiro atoms. The molecule has 2 aliphatic carbocycles. The van der Waals surface area contributed by atoms with E-state index in [4.69, 9.17) is 23.7 Å². The van der Waals surface area contributed by atoms with Crippen LogP contribution in [-0.2, 0) is 23.7 Å². The highest BCUT2D eigenvalue weighted by Gasteiger charge is 2.72. The van der Waals surface area contributed by atoms with E-state index in [1.807, 2.05) is 0 Å². The fourth-order valence-electron chi connectivity index (χ4n) is 6.56. The maximum absolute atomic E-state index is 13.0. The van der Waals surface area contributed by atoms with Crippen molar-refractivity contribution in [3.63, 3.8) is 0 Å². The Morgan fingerprint density at radius 3 is 2.53 bits per heavy atom. The van der Waals surface area contributed by atoms with Gasteiger partial charge < -0.3 is 33.9 Å². The van der Waals surface area contributed by atoms with E-state index in [0.717, 1.165) is 19.3 Å². The molecule has 0 aromatic carbocycles. The summed E-state index contributed by atoms with van der Waals surface area (Å²) in [5.74, 6) is 1.12. The lowest BCUT2D eigenvalue weighted by atomic mass is 9.68. The lowest BCUT2D eigenvalue weighted by Crippen LogP contribution is -2.56. The molecule has 3 heterocycles. The maximum atomic E-state index is 13.0. The molecule has 3 saturated heterocycles. The van der Waals surface area contributed by atoms with E-state index in [1.54, 1.807) is 19.1 Å². The maximum Gasteiger partial charge on any atom is 0.410 e. The van der Waals surface area contributed by atoms with Gasteiger partial charge in [0.1, 0.15) is 23.4 Å². The molecule has 5 aliphatic rings. The number of hydrogen-bond donors (Lipinski definition) is 1. The van der Waals surface area contributed by atoms with E-state index in [2.05, 4.69) is 32.2 Å². The molecule has 0 aromatic heterocycles. The Labute approximate surface area is 201 Å². The lowest BCUT2D eigenvalue weighted by Gasteiger charge is -2.43. The normalized spacial score (nSPS) is 43.7. The van der Waals surface area contributed by atoms with Gasteiger partial charge in [0.25, 0.3) is 0 Å². The number of nitrogens with one attached hydrogen (secondary N) is 1. The van der Waals surface area contributed by atoms with Gasteiger partial charge in [-0.05, 0) is 51.9 Å². The Kier molecular flexibility index (Phi) is 6.09. The molecule has 3 aliphatic heterocycles. The van der Waals surface area contributed by atoms with Crippen LogP contribution in [0.1, 0.15) is 40.0 Å². The average molecular weight is 479 g/mol. The minimum atomic E-state index is -0.410. The summed E-state index contributed by atoms with van der Waals surface area (Å²) < 4.78 is 29.4. The van der Waals surface area contributed by atoms with E-state index in [-0.39, 0.29) is 41.5 Å². The third-order valence-electron chi connectivity index (χ3n) is 8.73. The van der Waals surface area contributed by atoms with Crippen LogP contribution < -0.4 is 5.32 Å². The number of rotatable bonds is 7. The molecule has 2 saturated carbocycles. The molecule has 1 unspecified atom stereocenters. The number of ether oxygens (including phenoxy) is 5. The first-order chi connectivity index (χ1) is 16.2. The summed E-state index contributed by atoms with van der Waals surface area (Å²) in [4.78, 5) is 26.1. The van der Waals surface area contributed by atoms with Crippen LogP contribution in [0.3, 0.4) is 0 Å². The first-order valence-corrected chi connectivity index (χ1v) is 12.5. The number of amides is 2. The molecule has 1 N–H and O–H groups in total. The quantitative estimate of drug-likeness (QED) is 0.443. The molecule has 5 rings (SSSR count). The minimum absolute atomic E-state index is 0.0188. The second-order valence-electron chi connectivity index (χ2n) is 11.0. The Hall–Kier alpha value is -1.84. The van der Waals surface area contributed by atoms with Crippen LogP contribution >= 0.6 is 0 Å². The van der Waals surface area contributed by atoms with Crippen LogP contribution in [0.5, 0.6) is 0 Å². The molecule has 0 aromatic rings. The zero-order valence-electron chi connectivity index (χ0n) is 20.9. The van der Waals surface area contributed by atoms with Gasteiger partial charge in [0.05, 0.1) is 25.2 Å². The Morgan fingerprint density at radius 1 is 1.24 bits per heavy atom. The first-order valence-electron chi connectivity index (χ1n) is 12.5. The zero-order chi connectivity index (χ0) is 24.3. The van der Waals surface area contributed by atoms with Crippen molar-refractivity contribution in [3.8, 4) is 0 Å². The SMILES string of the molecule is CNC(=O)OCC1[C@H]2CN(C(=O)O[C@@H]3CC[C@]4(CO4)[C@@H]([C@@]4(C)O[C@@H]4CC=C(C)C)[C@@H]3OC)C[C@@H]12. The van der Waals surface area contributed by atoms with Gasteiger partial charge in [0, 0.05) is 33.2 Å². The van der Waals surface area contributed by atoms with Crippen LogP contribution in [0.25, 0.3) is 0 Å². The van der Waals surface area contributed by atoms with Gasteiger partial charge in [-0.1, -0.05) is 11.6 Å². The summed E-state index contributed by atoms with van der Waals surface area (Å²) in [6.07, 6.45) is 3.48. The van der Waals surface area contributed by atoms with Crippen molar-refractivity contribution in [1.82, 2.24) is 10.2 Å². The van der Waals surface area contributed by atoms with E-state index in [1.165, 1.54) is 5.57 Å². The average Bonchev–Trinajstić information content (AvgIpc) is 3.77. The van der Waals surface area contributed by atoms with Crippen molar-refractivity contribution in [2.75, 3.05) is 40.5 Å². The molecule has 0 bridgehead atoms. The number of likely N-dealkylation sites (tertiary alicyclic amines) is 1. The van der Waals surface area contributed by atoms with Gasteiger partial charge in [-0.25, -0.2) is 9.59 Å². The highest BCUT2D eigenvalue weighted by atomic mass is 16.6. The summed E-state index contributed by atoms with van der Waals surface area (Å²) in [5, 5.41) is 2.46. The number of carbonyl (C=O) groups is 2. The summed E-state index contributed by atoms with van der Waals surface area (Å²) in [5.41, 5.74) is 0.701.